The first-order valence-electron chi connectivity index (χ1n) is 7.69. The van der Waals surface area contributed by atoms with Gasteiger partial charge >= 0.3 is 0 Å². The van der Waals surface area contributed by atoms with E-state index in [1.54, 1.807) is 0 Å². The number of non-ortho nitro benzene ring substituents is 1. The van der Waals surface area contributed by atoms with Crippen LogP contribution in [0.3, 0.4) is 0 Å². The summed E-state index contributed by atoms with van der Waals surface area (Å²) in [6.45, 7) is 0.479. The van der Waals surface area contributed by atoms with E-state index in [0.717, 1.165) is 22.4 Å². The Morgan fingerprint density at radius 2 is 1.64 bits per heavy atom. The lowest BCUT2D eigenvalue weighted by atomic mass is 10.0. The molecule has 7 nitrogen and oxygen atoms in total. The summed E-state index contributed by atoms with van der Waals surface area (Å²) in [5.74, 6) is 0. The van der Waals surface area contributed by atoms with Crippen molar-refractivity contribution < 1.29 is 9.85 Å². The topological polar surface area (TPSA) is 98.3 Å². The van der Waals surface area contributed by atoms with E-state index in [-0.39, 0.29) is 17.1 Å². The van der Waals surface area contributed by atoms with E-state index in [1.165, 1.54) is 12.1 Å². The molecule has 1 N–H and O–H groups in total. The standard InChI is InChI=1S/C18H15N3O4/c22-20(23)15-8-9-17(18(12-15)21(24)25)19-11-10-14-6-3-5-13-4-1-2-7-16(13)14/h1-9,12,19H,10-11H2. The van der Waals surface area contributed by atoms with Crippen molar-refractivity contribution in [2.45, 2.75) is 6.42 Å². The number of fused-ring (bicyclic) bond motifs is 1. The quantitative estimate of drug-likeness (QED) is 0.534. The summed E-state index contributed by atoms with van der Waals surface area (Å²) in [6, 6.07) is 17.7. The zero-order valence-electron chi connectivity index (χ0n) is 13.2. The SMILES string of the molecule is O=[N+]([O-])c1ccc(NCCc2cccc3ccccc23)c([N+](=O)[O-])c1. The van der Waals surface area contributed by atoms with Gasteiger partial charge < -0.3 is 5.32 Å². The van der Waals surface area contributed by atoms with Crippen LogP contribution in [0.5, 0.6) is 0 Å². The van der Waals surface area contributed by atoms with Crippen LogP contribution in [0.2, 0.25) is 0 Å². The molecule has 0 aliphatic carbocycles. The van der Waals surface area contributed by atoms with Gasteiger partial charge in [0.2, 0.25) is 0 Å². The molecule has 3 aromatic rings. The van der Waals surface area contributed by atoms with E-state index in [9.17, 15) is 20.2 Å². The monoisotopic (exact) mass is 337 g/mol. The number of nitrogens with zero attached hydrogens (tertiary/aromatic N) is 2. The molecule has 0 atom stereocenters. The van der Waals surface area contributed by atoms with Gasteiger partial charge in [-0.1, -0.05) is 42.5 Å². The predicted molar refractivity (Wildman–Crippen MR) is 95.9 cm³/mol. The van der Waals surface area contributed by atoms with E-state index in [4.69, 9.17) is 0 Å². The predicted octanol–water partition coefficient (Wildman–Crippen LogP) is 4.31. The Hall–Kier alpha value is -3.48. The number of hydrogen-bond donors (Lipinski definition) is 1. The van der Waals surface area contributed by atoms with Crippen molar-refractivity contribution in [3.63, 3.8) is 0 Å². The molecule has 3 aromatic carbocycles. The zero-order chi connectivity index (χ0) is 17.8. The van der Waals surface area contributed by atoms with Gasteiger partial charge in [0.25, 0.3) is 11.4 Å². The second-order valence-electron chi connectivity index (χ2n) is 5.53. The van der Waals surface area contributed by atoms with Crippen molar-refractivity contribution >= 4 is 27.8 Å². The highest BCUT2D eigenvalue weighted by Gasteiger charge is 2.19. The highest BCUT2D eigenvalue weighted by Crippen LogP contribution is 2.29. The normalized spacial score (nSPS) is 10.6. The number of nitro groups is 2. The molecule has 0 heterocycles. The smallest absolute Gasteiger partial charge is 0.299 e. The summed E-state index contributed by atoms with van der Waals surface area (Å²) < 4.78 is 0. The van der Waals surface area contributed by atoms with Crippen LogP contribution in [0.15, 0.2) is 60.7 Å². The Labute approximate surface area is 143 Å². The third-order valence-electron chi connectivity index (χ3n) is 3.98. The molecule has 0 radical (unpaired) electrons. The molecule has 126 valence electrons. The van der Waals surface area contributed by atoms with Gasteiger partial charge in [0, 0.05) is 12.6 Å². The average molecular weight is 337 g/mol. The molecule has 0 saturated carbocycles. The molecule has 0 saturated heterocycles. The Morgan fingerprint density at radius 3 is 2.40 bits per heavy atom. The minimum absolute atomic E-state index is 0.274. The molecule has 3 rings (SSSR count). The largest absolute Gasteiger partial charge is 0.379 e. The lowest BCUT2D eigenvalue weighted by molar-refractivity contribution is -0.393. The van der Waals surface area contributed by atoms with Gasteiger partial charge in [-0.2, -0.15) is 0 Å². The average Bonchev–Trinajstić information content (AvgIpc) is 2.61. The van der Waals surface area contributed by atoms with Gasteiger partial charge in [-0.25, -0.2) is 0 Å². The molecule has 0 aliphatic rings. The number of nitrogens with one attached hydrogen (secondary N) is 1. The molecule has 0 aromatic heterocycles. The third-order valence-corrected chi connectivity index (χ3v) is 3.98. The van der Waals surface area contributed by atoms with Crippen molar-refractivity contribution in [1.82, 2.24) is 0 Å². The number of benzene rings is 3. The summed E-state index contributed by atoms with van der Waals surface area (Å²) in [7, 11) is 0. The van der Waals surface area contributed by atoms with E-state index < -0.39 is 9.85 Å². The molecular weight excluding hydrogens is 322 g/mol. The zero-order valence-corrected chi connectivity index (χ0v) is 13.2. The van der Waals surface area contributed by atoms with Crippen molar-refractivity contribution in [3.8, 4) is 0 Å². The van der Waals surface area contributed by atoms with Gasteiger partial charge in [-0.05, 0) is 28.8 Å². The van der Waals surface area contributed by atoms with Gasteiger partial charge in [-0.15, -0.1) is 0 Å². The number of rotatable bonds is 6. The maximum Gasteiger partial charge on any atom is 0.299 e. The van der Waals surface area contributed by atoms with Gasteiger partial charge in [0.05, 0.1) is 15.9 Å². The molecule has 0 amide bonds. The maximum absolute atomic E-state index is 11.1. The first kappa shape index (κ1) is 16.4. The van der Waals surface area contributed by atoms with Crippen LogP contribution in [0.4, 0.5) is 17.1 Å². The summed E-state index contributed by atoms with van der Waals surface area (Å²) in [6.07, 6.45) is 0.676. The van der Waals surface area contributed by atoms with Gasteiger partial charge in [0.15, 0.2) is 0 Å². The van der Waals surface area contributed by atoms with E-state index in [2.05, 4.69) is 5.32 Å². The van der Waals surface area contributed by atoms with Crippen molar-refractivity contribution in [2.24, 2.45) is 0 Å². The molecule has 0 fully saturated rings. The first-order valence-corrected chi connectivity index (χ1v) is 7.69. The fourth-order valence-electron chi connectivity index (χ4n) is 2.78. The van der Waals surface area contributed by atoms with Crippen LogP contribution in [0.1, 0.15) is 5.56 Å². The van der Waals surface area contributed by atoms with Crippen molar-refractivity contribution in [3.05, 3.63) is 86.5 Å². The summed E-state index contributed by atoms with van der Waals surface area (Å²) in [5.41, 5.74) is 0.810. The third kappa shape index (κ3) is 3.55. The summed E-state index contributed by atoms with van der Waals surface area (Å²) in [5, 5.41) is 27.2. The fourth-order valence-corrected chi connectivity index (χ4v) is 2.78. The summed E-state index contributed by atoms with van der Waals surface area (Å²) >= 11 is 0. The van der Waals surface area contributed by atoms with Crippen LogP contribution < -0.4 is 5.32 Å². The minimum Gasteiger partial charge on any atom is -0.379 e. The first-order chi connectivity index (χ1) is 12.1. The van der Waals surface area contributed by atoms with Gasteiger partial charge in [-0.3, -0.25) is 20.2 Å². The lowest BCUT2D eigenvalue weighted by Crippen LogP contribution is -2.07. The molecule has 0 spiro atoms. The Kier molecular flexibility index (Phi) is 4.56. The Bertz CT molecular complexity index is 951. The molecular formula is C18H15N3O4. The summed E-state index contributed by atoms with van der Waals surface area (Å²) in [4.78, 5) is 20.7. The molecule has 0 aliphatic heterocycles. The van der Waals surface area contributed by atoms with Crippen LogP contribution in [-0.4, -0.2) is 16.4 Å². The van der Waals surface area contributed by atoms with E-state index in [0.29, 0.717) is 13.0 Å². The van der Waals surface area contributed by atoms with E-state index in [1.807, 2.05) is 42.5 Å². The van der Waals surface area contributed by atoms with Crippen molar-refractivity contribution in [1.29, 1.82) is 0 Å². The van der Waals surface area contributed by atoms with Gasteiger partial charge in [0.1, 0.15) is 5.69 Å². The van der Waals surface area contributed by atoms with Crippen LogP contribution >= 0.6 is 0 Å². The molecule has 0 unspecified atom stereocenters. The van der Waals surface area contributed by atoms with Crippen LogP contribution in [0, 0.1) is 20.2 Å². The second kappa shape index (κ2) is 6.96. The minimum atomic E-state index is -0.646. The maximum atomic E-state index is 11.1. The fraction of sp³-hybridized carbons (Fsp3) is 0.111. The second-order valence-corrected chi connectivity index (χ2v) is 5.53. The highest BCUT2D eigenvalue weighted by atomic mass is 16.6. The van der Waals surface area contributed by atoms with E-state index >= 15 is 0 Å². The van der Waals surface area contributed by atoms with Crippen molar-refractivity contribution in [2.75, 3.05) is 11.9 Å². The van der Waals surface area contributed by atoms with Crippen LogP contribution in [-0.2, 0) is 6.42 Å². The lowest BCUT2D eigenvalue weighted by Gasteiger charge is -2.09. The number of hydrogen-bond acceptors (Lipinski definition) is 5. The highest BCUT2D eigenvalue weighted by molar-refractivity contribution is 5.85. The molecule has 0 bridgehead atoms. The number of anilines is 1. The van der Waals surface area contributed by atoms with Crippen LogP contribution in [0.25, 0.3) is 10.8 Å². The Balaban J connectivity index is 1.77. The molecule has 25 heavy (non-hydrogen) atoms. The molecule has 7 heteroatoms. The number of nitro benzene ring substituents is 2. The Morgan fingerprint density at radius 1 is 0.880 bits per heavy atom.